The van der Waals surface area contributed by atoms with Gasteiger partial charge >= 0.3 is 0 Å². The maximum Gasteiger partial charge on any atom is 0.138 e. The predicted molar refractivity (Wildman–Crippen MR) is 81.1 cm³/mol. The molecule has 0 bridgehead atoms. The standard InChI is InChI=1S/C15H24BrNO/c1-6-11(2)18-14-12(8-7-9-13(14)16)10-17-15(3,4)5/h7-9,11,17H,6,10H2,1-5H3. The molecule has 1 N–H and O–H groups in total. The molecule has 0 radical (unpaired) electrons. The molecule has 2 nitrogen and oxygen atoms in total. The first-order chi connectivity index (χ1) is 8.33. The maximum atomic E-state index is 6.00. The molecular formula is C15H24BrNO. The smallest absolute Gasteiger partial charge is 0.138 e. The summed E-state index contributed by atoms with van der Waals surface area (Å²) in [7, 11) is 0. The highest BCUT2D eigenvalue weighted by molar-refractivity contribution is 9.10. The van der Waals surface area contributed by atoms with Crippen molar-refractivity contribution in [3.05, 3.63) is 28.2 Å². The number of hydrogen-bond donors (Lipinski definition) is 1. The minimum absolute atomic E-state index is 0.107. The molecule has 0 aliphatic rings. The fraction of sp³-hybridized carbons (Fsp3) is 0.600. The van der Waals surface area contributed by atoms with Gasteiger partial charge in [-0.15, -0.1) is 0 Å². The lowest BCUT2D eigenvalue weighted by Crippen LogP contribution is -2.35. The number of ether oxygens (including phenoxy) is 1. The molecule has 0 aromatic heterocycles. The van der Waals surface area contributed by atoms with Gasteiger partial charge in [-0.25, -0.2) is 0 Å². The molecule has 1 unspecified atom stereocenters. The molecule has 1 aromatic carbocycles. The number of nitrogens with one attached hydrogen (secondary N) is 1. The minimum atomic E-state index is 0.107. The Bertz CT molecular complexity index is 385. The molecule has 0 aliphatic carbocycles. The van der Waals surface area contributed by atoms with Crippen LogP contribution in [0.4, 0.5) is 0 Å². The summed E-state index contributed by atoms with van der Waals surface area (Å²) in [5.41, 5.74) is 1.30. The van der Waals surface area contributed by atoms with Crippen molar-refractivity contribution >= 4 is 15.9 Å². The summed E-state index contributed by atoms with van der Waals surface area (Å²) in [5, 5.41) is 3.50. The first-order valence-corrected chi connectivity index (χ1v) is 7.32. The zero-order valence-electron chi connectivity index (χ0n) is 12.0. The van der Waals surface area contributed by atoms with Crippen LogP contribution in [0.15, 0.2) is 22.7 Å². The molecule has 102 valence electrons. The fourth-order valence-electron chi connectivity index (χ4n) is 1.47. The Kier molecular flexibility index (Phi) is 5.67. The van der Waals surface area contributed by atoms with Gasteiger partial charge in [0, 0.05) is 17.6 Å². The van der Waals surface area contributed by atoms with Gasteiger partial charge in [0.25, 0.3) is 0 Å². The van der Waals surface area contributed by atoms with Crippen LogP contribution in [0.2, 0.25) is 0 Å². The third kappa shape index (κ3) is 4.99. The van der Waals surface area contributed by atoms with E-state index in [1.165, 1.54) is 5.56 Å². The molecule has 0 heterocycles. The van der Waals surface area contributed by atoms with E-state index in [-0.39, 0.29) is 11.6 Å². The molecule has 0 saturated carbocycles. The average Bonchev–Trinajstić information content (AvgIpc) is 2.28. The van der Waals surface area contributed by atoms with Crippen molar-refractivity contribution in [2.75, 3.05) is 0 Å². The number of rotatable bonds is 5. The van der Waals surface area contributed by atoms with Gasteiger partial charge in [0.15, 0.2) is 0 Å². The quantitative estimate of drug-likeness (QED) is 0.863. The topological polar surface area (TPSA) is 21.3 Å². The van der Waals surface area contributed by atoms with Crippen LogP contribution in [0.3, 0.4) is 0 Å². The van der Waals surface area contributed by atoms with Gasteiger partial charge in [-0.3, -0.25) is 0 Å². The lowest BCUT2D eigenvalue weighted by Gasteiger charge is -2.23. The van der Waals surface area contributed by atoms with Gasteiger partial charge in [-0.2, -0.15) is 0 Å². The van der Waals surface area contributed by atoms with Crippen LogP contribution in [-0.4, -0.2) is 11.6 Å². The monoisotopic (exact) mass is 313 g/mol. The minimum Gasteiger partial charge on any atom is -0.489 e. The summed E-state index contributed by atoms with van der Waals surface area (Å²) in [6.45, 7) is 11.5. The molecule has 1 rings (SSSR count). The Morgan fingerprint density at radius 2 is 2.00 bits per heavy atom. The van der Waals surface area contributed by atoms with Crippen molar-refractivity contribution in [3.8, 4) is 5.75 Å². The first kappa shape index (κ1) is 15.5. The molecule has 0 amide bonds. The highest BCUT2D eigenvalue weighted by atomic mass is 79.9. The molecule has 18 heavy (non-hydrogen) atoms. The SMILES string of the molecule is CCC(C)Oc1c(Br)cccc1CNC(C)(C)C. The van der Waals surface area contributed by atoms with Crippen molar-refractivity contribution in [1.29, 1.82) is 0 Å². The van der Waals surface area contributed by atoms with E-state index >= 15 is 0 Å². The second-order valence-corrected chi connectivity index (χ2v) is 6.52. The Hall–Kier alpha value is -0.540. The third-order valence-electron chi connectivity index (χ3n) is 2.75. The van der Waals surface area contributed by atoms with Crippen LogP contribution in [0.25, 0.3) is 0 Å². The zero-order chi connectivity index (χ0) is 13.8. The van der Waals surface area contributed by atoms with Gasteiger partial charge in [-0.05, 0) is 56.1 Å². The van der Waals surface area contributed by atoms with Gasteiger partial charge < -0.3 is 10.1 Å². The maximum absolute atomic E-state index is 6.00. The third-order valence-corrected chi connectivity index (χ3v) is 3.38. The van der Waals surface area contributed by atoms with Crippen LogP contribution < -0.4 is 10.1 Å². The molecular weight excluding hydrogens is 290 g/mol. The summed E-state index contributed by atoms with van der Waals surface area (Å²) < 4.78 is 7.03. The molecule has 1 aromatic rings. The number of halogens is 1. The van der Waals surface area contributed by atoms with E-state index < -0.39 is 0 Å². The second-order valence-electron chi connectivity index (χ2n) is 5.67. The van der Waals surface area contributed by atoms with Crippen LogP contribution in [0.1, 0.15) is 46.6 Å². The summed E-state index contributed by atoms with van der Waals surface area (Å²) in [6, 6.07) is 6.19. The second kappa shape index (κ2) is 6.58. The summed E-state index contributed by atoms with van der Waals surface area (Å²) in [5.74, 6) is 0.962. The Morgan fingerprint density at radius 1 is 1.33 bits per heavy atom. The van der Waals surface area contributed by atoms with E-state index in [2.05, 4.69) is 61.9 Å². The van der Waals surface area contributed by atoms with Crippen molar-refractivity contribution in [2.45, 2.75) is 59.2 Å². The lowest BCUT2D eigenvalue weighted by atomic mass is 10.1. The number of para-hydroxylation sites is 1. The Morgan fingerprint density at radius 3 is 2.56 bits per heavy atom. The molecule has 1 atom stereocenters. The van der Waals surface area contributed by atoms with Gasteiger partial charge in [0.2, 0.25) is 0 Å². The summed E-state index contributed by atoms with van der Waals surface area (Å²) in [4.78, 5) is 0. The number of hydrogen-bond acceptors (Lipinski definition) is 2. The molecule has 0 aliphatic heterocycles. The number of benzene rings is 1. The van der Waals surface area contributed by atoms with Crippen LogP contribution in [0, 0.1) is 0 Å². The molecule has 0 fully saturated rings. The highest BCUT2D eigenvalue weighted by Crippen LogP contribution is 2.30. The van der Waals surface area contributed by atoms with E-state index in [1.807, 2.05) is 12.1 Å². The van der Waals surface area contributed by atoms with Crippen molar-refractivity contribution < 1.29 is 4.74 Å². The van der Waals surface area contributed by atoms with E-state index in [4.69, 9.17) is 4.74 Å². The molecule has 3 heteroatoms. The average molecular weight is 314 g/mol. The largest absolute Gasteiger partial charge is 0.489 e. The summed E-state index contributed by atoms with van der Waals surface area (Å²) in [6.07, 6.45) is 1.24. The Labute approximate surface area is 119 Å². The molecule has 0 spiro atoms. The van der Waals surface area contributed by atoms with Crippen molar-refractivity contribution in [1.82, 2.24) is 5.32 Å². The lowest BCUT2D eigenvalue weighted by molar-refractivity contribution is 0.213. The van der Waals surface area contributed by atoms with Gasteiger partial charge in [0.1, 0.15) is 5.75 Å². The van der Waals surface area contributed by atoms with Crippen LogP contribution in [-0.2, 0) is 6.54 Å². The molecule has 0 saturated heterocycles. The summed E-state index contributed by atoms with van der Waals surface area (Å²) >= 11 is 3.57. The van der Waals surface area contributed by atoms with Crippen molar-refractivity contribution in [3.63, 3.8) is 0 Å². The normalized spacial score (nSPS) is 13.4. The zero-order valence-corrected chi connectivity index (χ0v) is 13.6. The Balaban J connectivity index is 2.86. The van der Waals surface area contributed by atoms with E-state index in [0.29, 0.717) is 0 Å². The van der Waals surface area contributed by atoms with E-state index in [9.17, 15) is 0 Å². The van der Waals surface area contributed by atoms with Gasteiger partial charge in [-0.1, -0.05) is 19.1 Å². The van der Waals surface area contributed by atoms with Crippen molar-refractivity contribution in [2.24, 2.45) is 0 Å². The van der Waals surface area contributed by atoms with Gasteiger partial charge in [0.05, 0.1) is 10.6 Å². The predicted octanol–water partition coefficient (Wildman–Crippen LogP) is 4.51. The first-order valence-electron chi connectivity index (χ1n) is 6.52. The fourth-order valence-corrected chi connectivity index (χ4v) is 1.97. The van der Waals surface area contributed by atoms with Crippen LogP contribution in [0.5, 0.6) is 5.75 Å². The van der Waals surface area contributed by atoms with Crippen LogP contribution >= 0.6 is 15.9 Å². The van der Waals surface area contributed by atoms with E-state index in [1.54, 1.807) is 0 Å². The van der Waals surface area contributed by atoms with E-state index in [0.717, 1.165) is 23.2 Å². The highest BCUT2D eigenvalue weighted by Gasteiger charge is 2.14.